The quantitative estimate of drug-likeness (QED) is 0.634. The van der Waals surface area contributed by atoms with Gasteiger partial charge in [0.15, 0.2) is 4.90 Å². The minimum absolute atomic E-state index is 0.399. The molecule has 1 atom stereocenters. The average Bonchev–Trinajstić information content (AvgIpc) is 2.30. The highest BCUT2D eigenvalue weighted by molar-refractivity contribution is 7.89. The van der Waals surface area contributed by atoms with E-state index in [9.17, 15) is 23.6 Å². The minimum atomic E-state index is -4.13. The predicted octanol–water partition coefficient (Wildman–Crippen LogP) is 1.65. The van der Waals surface area contributed by atoms with Crippen LogP contribution in [0.5, 0.6) is 0 Å². The summed E-state index contributed by atoms with van der Waals surface area (Å²) in [6.45, 7) is 7.80. The van der Waals surface area contributed by atoms with Crippen LogP contribution in [0.15, 0.2) is 17.0 Å². The van der Waals surface area contributed by atoms with Gasteiger partial charge in [-0.15, -0.1) is 0 Å². The lowest BCUT2D eigenvalue weighted by Gasteiger charge is -2.28. The van der Waals surface area contributed by atoms with E-state index in [0.29, 0.717) is 11.1 Å². The number of benzene rings is 1. The molecule has 7 nitrogen and oxygen atoms in total. The summed E-state index contributed by atoms with van der Waals surface area (Å²) < 4.78 is 27.1. The fraction of sp³-hybridized carbons (Fsp3) is 0.538. The second-order valence-corrected chi connectivity index (χ2v) is 7.32. The van der Waals surface area contributed by atoms with E-state index in [1.54, 1.807) is 13.8 Å². The van der Waals surface area contributed by atoms with Crippen LogP contribution in [0, 0.1) is 24.0 Å². The van der Waals surface area contributed by atoms with Gasteiger partial charge in [-0.25, -0.2) is 13.1 Å². The Labute approximate surface area is 124 Å². The van der Waals surface area contributed by atoms with Crippen molar-refractivity contribution in [2.45, 2.75) is 51.2 Å². The van der Waals surface area contributed by atoms with Gasteiger partial charge < -0.3 is 5.11 Å². The predicted molar refractivity (Wildman–Crippen MR) is 78.7 cm³/mol. The van der Waals surface area contributed by atoms with Gasteiger partial charge in [0.1, 0.15) is 0 Å². The number of nitro groups is 1. The molecule has 0 amide bonds. The number of sulfonamides is 1. The second kappa shape index (κ2) is 5.70. The second-order valence-electron chi connectivity index (χ2n) is 5.66. The van der Waals surface area contributed by atoms with Crippen molar-refractivity contribution < 1.29 is 18.4 Å². The Morgan fingerprint density at radius 2 is 1.76 bits per heavy atom. The topological polar surface area (TPSA) is 110 Å². The molecular formula is C13H20N2O5S. The van der Waals surface area contributed by atoms with E-state index in [2.05, 4.69) is 4.72 Å². The Hall–Kier alpha value is -1.51. The highest BCUT2D eigenvalue weighted by Gasteiger charge is 2.34. The number of nitrogens with zero attached hydrogens (tertiary/aromatic N) is 1. The highest BCUT2D eigenvalue weighted by Crippen LogP contribution is 2.28. The Morgan fingerprint density at radius 1 is 1.29 bits per heavy atom. The standard InChI is InChI=1S/C13H20N2O5S/c1-8-6-11(15(17)18)12(7-9(8)2)21(19,20)14-13(4,5)10(3)16/h6-7,10,14,16H,1-5H3. The first-order valence-corrected chi connectivity index (χ1v) is 7.84. The van der Waals surface area contributed by atoms with Crippen molar-refractivity contribution in [3.8, 4) is 0 Å². The summed E-state index contributed by atoms with van der Waals surface area (Å²) >= 11 is 0. The van der Waals surface area contributed by atoms with Crippen molar-refractivity contribution in [3.63, 3.8) is 0 Å². The molecule has 0 fully saturated rings. The lowest BCUT2D eigenvalue weighted by Crippen LogP contribution is -2.50. The summed E-state index contributed by atoms with van der Waals surface area (Å²) in [6.07, 6.45) is -0.960. The molecule has 0 saturated carbocycles. The Kier molecular flexibility index (Phi) is 4.76. The highest BCUT2D eigenvalue weighted by atomic mass is 32.2. The summed E-state index contributed by atoms with van der Waals surface area (Å²) in [5.41, 5.74) is -0.357. The number of aliphatic hydroxyl groups excluding tert-OH is 1. The molecule has 1 aromatic carbocycles. The largest absolute Gasteiger partial charge is 0.391 e. The monoisotopic (exact) mass is 316 g/mol. The number of aryl methyl sites for hydroxylation is 2. The first-order valence-electron chi connectivity index (χ1n) is 6.36. The number of nitro benzene ring substituents is 1. The van der Waals surface area contributed by atoms with Crippen LogP contribution < -0.4 is 4.72 Å². The zero-order chi connectivity index (χ0) is 16.6. The van der Waals surface area contributed by atoms with E-state index in [1.807, 2.05) is 0 Å². The van der Waals surface area contributed by atoms with Gasteiger partial charge in [0.25, 0.3) is 5.69 Å². The van der Waals surface area contributed by atoms with Crippen LogP contribution in [0.1, 0.15) is 31.9 Å². The third-order valence-corrected chi connectivity index (χ3v) is 5.20. The number of aliphatic hydroxyl groups is 1. The Bertz CT molecular complexity index is 665. The van der Waals surface area contributed by atoms with Crippen LogP contribution >= 0.6 is 0 Å². The van der Waals surface area contributed by atoms with Crippen LogP contribution in [0.4, 0.5) is 5.69 Å². The molecule has 0 aromatic heterocycles. The molecule has 1 aromatic rings. The maximum absolute atomic E-state index is 12.4. The zero-order valence-electron chi connectivity index (χ0n) is 12.7. The lowest BCUT2D eigenvalue weighted by atomic mass is 10.0. The van der Waals surface area contributed by atoms with Gasteiger partial charge >= 0.3 is 0 Å². The van der Waals surface area contributed by atoms with Gasteiger partial charge in [-0.3, -0.25) is 10.1 Å². The number of nitrogens with one attached hydrogen (secondary N) is 1. The third-order valence-electron chi connectivity index (χ3n) is 3.50. The maximum atomic E-state index is 12.4. The first kappa shape index (κ1) is 17.5. The van der Waals surface area contributed by atoms with Crippen LogP contribution in [0.3, 0.4) is 0 Å². The summed E-state index contributed by atoms with van der Waals surface area (Å²) in [4.78, 5) is 9.97. The molecule has 118 valence electrons. The lowest BCUT2D eigenvalue weighted by molar-refractivity contribution is -0.387. The molecule has 0 heterocycles. The van der Waals surface area contributed by atoms with Gasteiger partial charge in [0, 0.05) is 6.07 Å². The molecule has 0 aliphatic heterocycles. The normalized spacial score (nSPS) is 14.0. The van der Waals surface area contributed by atoms with E-state index in [1.165, 1.54) is 32.9 Å². The fourth-order valence-corrected chi connectivity index (χ4v) is 3.33. The summed E-state index contributed by atoms with van der Waals surface area (Å²) in [5, 5.41) is 20.7. The third kappa shape index (κ3) is 3.78. The summed E-state index contributed by atoms with van der Waals surface area (Å²) in [7, 11) is -4.13. The first-order chi connectivity index (χ1) is 9.38. The molecule has 8 heteroatoms. The molecule has 0 aliphatic rings. The Morgan fingerprint density at radius 3 is 2.19 bits per heavy atom. The molecule has 0 spiro atoms. The van der Waals surface area contributed by atoms with Crippen LogP contribution in [0.25, 0.3) is 0 Å². The number of hydrogen-bond acceptors (Lipinski definition) is 5. The molecule has 2 N–H and O–H groups in total. The molecule has 0 radical (unpaired) electrons. The van der Waals surface area contributed by atoms with Gasteiger partial charge in [-0.1, -0.05) is 0 Å². The van der Waals surface area contributed by atoms with Gasteiger partial charge in [0.2, 0.25) is 10.0 Å². The zero-order valence-corrected chi connectivity index (χ0v) is 13.5. The Balaban J connectivity index is 3.45. The van der Waals surface area contributed by atoms with E-state index >= 15 is 0 Å². The van der Waals surface area contributed by atoms with Crippen LogP contribution in [-0.4, -0.2) is 30.1 Å². The average molecular weight is 316 g/mol. The molecule has 21 heavy (non-hydrogen) atoms. The van der Waals surface area contributed by atoms with Crippen molar-refractivity contribution >= 4 is 15.7 Å². The summed E-state index contributed by atoms with van der Waals surface area (Å²) in [5.74, 6) is 0. The van der Waals surface area contributed by atoms with Gasteiger partial charge in [0.05, 0.1) is 16.6 Å². The SMILES string of the molecule is Cc1cc([N+](=O)[O-])c(S(=O)(=O)NC(C)(C)C(C)O)cc1C. The van der Waals surface area contributed by atoms with Crippen molar-refractivity contribution in [3.05, 3.63) is 33.4 Å². The molecule has 0 saturated heterocycles. The van der Waals surface area contributed by atoms with Crippen molar-refractivity contribution in [2.75, 3.05) is 0 Å². The van der Waals surface area contributed by atoms with Crippen LogP contribution in [0.2, 0.25) is 0 Å². The smallest absolute Gasteiger partial charge is 0.289 e. The van der Waals surface area contributed by atoms with Crippen LogP contribution in [-0.2, 0) is 10.0 Å². The van der Waals surface area contributed by atoms with Gasteiger partial charge in [-0.05, 0) is 51.8 Å². The van der Waals surface area contributed by atoms with E-state index in [0.717, 1.165) is 0 Å². The molecular weight excluding hydrogens is 296 g/mol. The van der Waals surface area contributed by atoms with E-state index in [-0.39, 0.29) is 0 Å². The van der Waals surface area contributed by atoms with E-state index in [4.69, 9.17) is 0 Å². The van der Waals surface area contributed by atoms with Crippen molar-refractivity contribution in [2.24, 2.45) is 0 Å². The molecule has 1 rings (SSSR count). The number of rotatable bonds is 5. The maximum Gasteiger partial charge on any atom is 0.289 e. The minimum Gasteiger partial charge on any atom is -0.391 e. The summed E-state index contributed by atoms with van der Waals surface area (Å²) in [6, 6.07) is 2.51. The van der Waals surface area contributed by atoms with Crippen molar-refractivity contribution in [1.29, 1.82) is 0 Å². The fourth-order valence-electron chi connectivity index (χ4n) is 1.62. The van der Waals surface area contributed by atoms with E-state index < -0.39 is 37.2 Å². The molecule has 0 aliphatic carbocycles. The molecule has 1 unspecified atom stereocenters. The van der Waals surface area contributed by atoms with Crippen molar-refractivity contribution in [1.82, 2.24) is 4.72 Å². The number of hydrogen-bond donors (Lipinski definition) is 2. The molecule has 0 bridgehead atoms. The van der Waals surface area contributed by atoms with Gasteiger partial charge in [-0.2, -0.15) is 0 Å².